The predicted molar refractivity (Wildman–Crippen MR) is 35.6 cm³/mol. The Balaban J connectivity index is 2.93. The van der Waals surface area contributed by atoms with Crippen molar-refractivity contribution >= 4 is 0 Å². The van der Waals surface area contributed by atoms with Crippen LogP contribution in [0.3, 0.4) is 0 Å². The Labute approximate surface area is 50.7 Å². The van der Waals surface area contributed by atoms with Crippen LogP contribution in [0.2, 0.25) is 0 Å². The Morgan fingerprint density at radius 2 is 2.00 bits per heavy atom. The van der Waals surface area contributed by atoms with Crippen LogP contribution in [0, 0.1) is 0 Å². The molecule has 0 saturated carbocycles. The van der Waals surface area contributed by atoms with E-state index in [1.54, 1.807) is 6.26 Å². The minimum absolute atomic E-state index is 0.681. The molecule has 0 amide bonds. The second kappa shape index (κ2) is 6.28. The molecule has 0 radical (unpaired) electrons. The summed E-state index contributed by atoms with van der Waals surface area (Å²) in [5.74, 6) is 0. The quantitative estimate of drug-likeness (QED) is 0.308. The van der Waals surface area contributed by atoms with Crippen LogP contribution < -0.4 is 0 Å². The number of rotatable bonds is 3. The number of allylic oxidation sites excluding steroid dienone is 2. The smallest absolute Gasteiger partial charge is 0.105 e. The van der Waals surface area contributed by atoms with E-state index < -0.39 is 0 Å². The maximum absolute atomic E-state index is 4.96. The van der Waals surface area contributed by atoms with Crippen molar-refractivity contribution in [2.75, 3.05) is 6.61 Å². The first-order valence-electron chi connectivity index (χ1n) is 2.75. The Morgan fingerprint density at radius 3 is 2.50 bits per heavy atom. The van der Waals surface area contributed by atoms with E-state index in [0.717, 1.165) is 0 Å². The van der Waals surface area contributed by atoms with Crippen LogP contribution in [0.15, 0.2) is 24.5 Å². The Hall–Kier alpha value is -0.720. The lowest BCUT2D eigenvalue weighted by molar-refractivity contribution is 0.289. The van der Waals surface area contributed by atoms with E-state index in [-0.39, 0.29) is 0 Å². The first-order chi connectivity index (χ1) is 3.91. The molecule has 46 valence electrons. The highest BCUT2D eigenvalue weighted by atomic mass is 16.5. The summed E-state index contributed by atoms with van der Waals surface area (Å²) in [6.45, 7) is 4.58. The minimum atomic E-state index is 0.681. The lowest BCUT2D eigenvalue weighted by Gasteiger charge is -1.89. The van der Waals surface area contributed by atoms with Gasteiger partial charge in [0.05, 0.1) is 6.26 Å². The average molecular weight is 112 g/mol. The van der Waals surface area contributed by atoms with Crippen molar-refractivity contribution in [3.8, 4) is 0 Å². The molecule has 0 rings (SSSR count). The third-order valence-electron chi connectivity index (χ3n) is 0.660. The van der Waals surface area contributed by atoms with Gasteiger partial charge in [0.2, 0.25) is 0 Å². The maximum Gasteiger partial charge on any atom is 0.105 e. The Kier molecular flexibility index (Phi) is 5.71. The first kappa shape index (κ1) is 7.28. The lowest BCUT2D eigenvalue weighted by Crippen LogP contribution is -1.77. The second-order valence-electron chi connectivity index (χ2n) is 1.37. The number of hydrogen-bond donors (Lipinski definition) is 0. The van der Waals surface area contributed by atoms with Crippen LogP contribution in [0.1, 0.15) is 13.8 Å². The molecule has 0 spiro atoms. The first-order valence-corrected chi connectivity index (χ1v) is 2.75. The van der Waals surface area contributed by atoms with Crippen molar-refractivity contribution in [1.29, 1.82) is 0 Å². The fourth-order valence-corrected chi connectivity index (χ4v) is 0.304. The van der Waals surface area contributed by atoms with Crippen molar-refractivity contribution < 1.29 is 4.74 Å². The summed E-state index contributed by atoms with van der Waals surface area (Å²) < 4.78 is 4.96. The highest BCUT2D eigenvalue weighted by molar-refractivity contribution is 4.77. The molecular weight excluding hydrogens is 100 g/mol. The van der Waals surface area contributed by atoms with Gasteiger partial charge in [-0.15, -0.1) is 0 Å². The summed E-state index contributed by atoms with van der Waals surface area (Å²) >= 11 is 0. The van der Waals surface area contributed by atoms with E-state index >= 15 is 0 Å². The largest absolute Gasteiger partial charge is 0.497 e. The standard InChI is InChI=1S/C7H12O/c1-3-5-7-8-6-4-2/h3-6H,7H2,1-2H3/b5-3+,6-4+. The SMILES string of the molecule is C/C=C/CO/C=C/C. The van der Waals surface area contributed by atoms with E-state index in [0.29, 0.717) is 6.61 Å². The summed E-state index contributed by atoms with van der Waals surface area (Å²) in [6, 6.07) is 0. The van der Waals surface area contributed by atoms with Gasteiger partial charge in [-0.05, 0) is 13.8 Å². The van der Waals surface area contributed by atoms with Gasteiger partial charge in [-0.1, -0.05) is 18.2 Å². The molecule has 0 saturated heterocycles. The molecule has 0 aliphatic heterocycles. The van der Waals surface area contributed by atoms with Crippen molar-refractivity contribution in [3.63, 3.8) is 0 Å². The normalized spacial score (nSPS) is 11.2. The van der Waals surface area contributed by atoms with E-state index in [4.69, 9.17) is 4.74 Å². The second-order valence-corrected chi connectivity index (χ2v) is 1.37. The van der Waals surface area contributed by atoms with E-state index in [1.807, 2.05) is 32.1 Å². The van der Waals surface area contributed by atoms with Gasteiger partial charge in [0.15, 0.2) is 0 Å². The number of ether oxygens (including phenoxy) is 1. The van der Waals surface area contributed by atoms with Gasteiger partial charge in [0.25, 0.3) is 0 Å². The van der Waals surface area contributed by atoms with Crippen LogP contribution in [-0.2, 0) is 4.74 Å². The molecule has 0 bridgehead atoms. The molecule has 0 unspecified atom stereocenters. The molecule has 0 heterocycles. The van der Waals surface area contributed by atoms with Crippen molar-refractivity contribution in [3.05, 3.63) is 24.5 Å². The fraction of sp³-hybridized carbons (Fsp3) is 0.429. The van der Waals surface area contributed by atoms with Gasteiger partial charge < -0.3 is 4.74 Å². The van der Waals surface area contributed by atoms with Gasteiger partial charge in [-0.25, -0.2) is 0 Å². The van der Waals surface area contributed by atoms with Gasteiger partial charge in [0.1, 0.15) is 6.61 Å². The minimum Gasteiger partial charge on any atom is -0.497 e. The summed E-state index contributed by atoms with van der Waals surface area (Å²) in [5.41, 5.74) is 0. The number of hydrogen-bond acceptors (Lipinski definition) is 1. The molecule has 0 fully saturated rings. The molecule has 0 aliphatic rings. The molecule has 1 heteroatoms. The van der Waals surface area contributed by atoms with Crippen LogP contribution in [0.4, 0.5) is 0 Å². The summed E-state index contributed by atoms with van der Waals surface area (Å²) in [4.78, 5) is 0. The topological polar surface area (TPSA) is 9.23 Å². The summed E-state index contributed by atoms with van der Waals surface area (Å²) in [6.07, 6.45) is 7.47. The molecule has 0 atom stereocenters. The van der Waals surface area contributed by atoms with E-state index in [1.165, 1.54) is 0 Å². The molecule has 1 nitrogen and oxygen atoms in total. The average Bonchev–Trinajstić information content (AvgIpc) is 1.81. The zero-order valence-electron chi connectivity index (χ0n) is 5.42. The molecule has 8 heavy (non-hydrogen) atoms. The Morgan fingerprint density at radius 1 is 1.25 bits per heavy atom. The summed E-state index contributed by atoms with van der Waals surface area (Å²) in [7, 11) is 0. The predicted octanol–water partition coefficient (Wildman–Crippen LogP) is 2.11. The highest BCUT2D eigenvalue weighted by Gasteiger charge is 1.67. The molecule has 0 N–H and O–H groups in total. The highest BCUT2D eigenvalue weighted by Crippen LogP contribution is 1.77. The van der Waals surface area contributed by atoms with Crippen LogP contribution >= 0.6 is 0 Å². The molecule has 0 aliphatic carbocycles. The van der Waals surface area contributed by atoms with Gasteiger partial charge >= 0.3 is 0 Å². The van der Waals surface area contributed by atoms with Crippen LogP contribution in [0.25, 0.3) is 0 Å². The maximum atomic E-state index is 4.96. The molecule has 0 aromatic carbocycles. The van der Waals surface area contributed by atoms with Gasteiger partial charge in [-0.2, -0.15) is 0 Å². The van der Waals surface area contributed by atoms with Gasteiger partial charge in [-0.3, -0.25) is 0 Å². The van der Waals surface area contributed by atoms with Gasteiger partial charge in [0, 0.05) is 0 Å². The van der Waals surface area contributed by atoms with Crippen LogP contribution in [0.5, 0.6) is 0 Å². The van der Waals surface area contributed by atoms with Crippen molar-refractivity contribution in [2.45, 2.75) is 13.8 Å². The fourth-order valence-electron chi connectivity index (χ4n) is 0.304. The zero-order chi connectivity index (χ0) is 6.24. The van der Waals surface area contributed by atoms with Crippen molar-refractivity contribution in [2.24, 2.45) is 0 Å². The van der Waals surface area contributed by atoms with E-state index in [9.17, 15) is 0 Å². The summed E-state index contributed by atoms with van der Waals surface area (Å²) in [5, 5.41) is 0. The third-order valence-corrected chi connectivity index (χ3v) is 0.660. The lowest BCUT2D eigenvalue weighted by atomic mass is 10.6. The third kappa shape index (κ3) is 5.28. The monoisotopic (exact) mass is 112 g/mol. The molecule has 0 aromatic heterocycles. The van der Waals surface area contributed by atoms with Crippen LogP contribution in [-0.4, -0.2) is 6.61 Å². The van der Waals surface area contributed by atoms with E-state index in [2.05, 4.69) is 0 Å². The van der Waals surface area contributed by atoms with Crippen molar-refractivity contribution in [1.82, 2.24) is 0 Å². The molecule has 0 aromatic rings. The zero-order valence-corrected chi connectivity index (χ0v) is 5.42. The molecular formula is C7H12O. The Bertz CT molecular complexity index is 70.4.